The lowest BCUT2D eigenvalue weighted by Crippen LogP contribution is -2.36. The lowest BCUT2D eigenvalue weighted by molar-refractivity contribution is -0.140. The molecule has 1 N–H and O–H groups in total. The Bertz CT molecular complexity index is 1030. The predicted molar refractivity (Wildman–Crippen MR) is 122 cm³/mol. The first kappa shape index (κ1) is 21.1. The molecule has 6 heteroatoms. The molecule has 0 amide bonds. The van der Waals surface area contributed by atoms with Gasteiger partial charge in [0.05, 0.1) is 18.1 Å². The first-order valence-electron chi connectivity index (χ1n) is 10.4. The van der Waals surface area contributed by atoms with Crippen LogP contribution < -0.4 is 5.32 Å². The molecule has 4 rings (SSSR count). The van der Waals surface area contributed by atoms with Crippen LogP contribution >= 0.6 is 22.7 Å². The number of carbonyl (C=O) groups is 2. The topological polar surface area (TPSA) is 55.4 Å². The van der Waals surface area contributed by atoms with E-state index in [0.717, 1.165) is 33.1 Å². The van der Waals surface area contributed by atoms with Crippen LogP contribution in [0.2, 0.25) is 0 Å². The van der Waals surface area contributed by atoms with Gasteiger partial charge in [0.15, 0.2) is 5.78 Å². The minimum absolute atomic E-state index is 0.125. The third-order valence-electron chi connectivity index (χ3n) is 5.59. The Hall–Kier alpha value is -2.18. The predicted octanol–water partition coefficient (Wildman–Crippen LogP) is 5.68. The van der Waals surface area contributed by atoms with Crippen molar-refractivity contribution in [1.29, 1.82) is 0 Å². The minimum atomic E-state index is -0.351. The maximum Gasteiger partial charge on any atom is 0.336 e. The summed E-state index contributed by atoms with van der Waals surface area (Å²) >= 11 is 3.34. The van der Waals surface area contributed by atoms with Crippen molar-refractivity contribution in [2.45, 2.75) is 52.4 Å². The second-order valence-electron chi connectivity index (χ2n) is 8.47. The summed E-state index contributed by atoms with van der Waals surface area (Å²) < 4.78 is 5.60. The van der Waals surface area contributed by atoms with Crippen molar-refractivity contribution >= 4 is 34.4 Å². The van der Waals surface area contributed by atoms with Crippen molar-refractivity contribution in [3.05, 3.63) is 66.8 Å². The Labute approximate surface area is 185 Å². The zero-order valence-corrected chi connectivity index (χ0v) is 19.4. The molecule has 3 heterocycles. The fourth-order valence-electron chi connectivity index (χ4n) is 4.25. The van der Waals surface area contributed by atoms with E-state index in [-0.39, 0.29) is 29.5 Å². The Morgan fingerprint density at radius 2 is 2.00 bits per heavy atom. The molecule has 30 heavy (non-hydrogen) atoms. The van der Waals surface area contributed by atoms with E-state index in [2.05, 4.69) is 22.8 Å². The number of carbonyl (C=O) groups excluding carboxylic acids is 2. The fraction of sp³-hybridized carbons (Fsp3) is 0.417. The number of hydrogen-bond donors (Lipinski definition) is 1. The number of dihydropyridines is 1. The van der Waals surface area contributed by atoms with Gasteiger partial charge in [0.1, 0.15) is 0 Å². The van der Waals surface area contributed by atoms with Gasteiger partial charge in [-0.15, -0.1) is 22.7 Å². The van der Waals surface area contributed by atoms with Crippen molar-refractivity contribution in [3.63, 3.8) is 0 Å². The maximum absolute atomic E-state index is 13.4. The highest BCUT2D eigenvalue weighted by Crippen LogP contribution is 2.47. The molecule has 0 saturated carbocycles. The Morgan fingerprint density at radius 1 is 1.20 bits per heavy atom. The van der Waals surface area contributed by atoms with E-state index in [1.165, 1.54) is 4.88 Å². The molecular formula is C24H27NO3S2. The summed E-state index contributed by atoms with van der Waals surface area (Å²) in [4.78, 5) is 29.9. The van der Waals surface area contributed by atoms with Gasteiger partial charge in [-0.05, 0) is 49.8 Å². The summed E-state index contributed by atoms with van der Waals surface area (Å²) in [5.74, 6) is -0.107. The van der Waals surface area contributed by atoms with Crippen molar-refractivity contribution < 1.29 is 14.3 Å². The standard InChI is InChI=1S/C24H27NO3S2/c1-13(2)12-28-24(27)21-15(4)25-17-10-16(19-6-5-9-29-19)11-18(26)22(17)23(21)20-8-7-14(3)30-20/h5-9,13,16,23,25H,10-12H2,1-4H3/t16-,23-/m0/s1. The SMILES string of the molecule is CC1=C(C(=O)OCC(C)C)[C@H](c2ccc(C)s2)C2=C(C[C@H](c3cccs3)CC2=O)N1. The molecule has 0 radical (unpaired) electrons. The van der Waals surface area contributed by atoms with Crippen molar-refractivity contribution in [1.82, 2.24) is 5.32 Å². The summed E-state index contributed by atoms with van der Waals surface area (Å²) in [6.45, 7) is 8.37. The average Bonchev–Trinajstić information content (AvgIpc) is 3.36. The molecule has 2 aliphatic rings. The largest absolute Gasteiger partial charge is 0.462 e. The third-order valence-corrected chi connectivity index (χ3v) is 7.69. The van der Waals surface area contributed by atoms with Gasteiger partial charge in [-0.1, -0.05) is 19.9 Å². The molecule has 0 bridgehead atoms. The van der Waals surface area contributed by atoms with Gasteiger partial charge in [-0.3, -0.25) is 4.79 Å². The van der Waals surface area contributed by atoms with Crippen LogP contribution in [-0.4, -0.2) is 18.4 Å². The maximum atomic E-state index is 13.4. The van der Waals surface area contributed by atoms with E-state index >= 15 is 0 Å². The summed E-state index contributed by atoms with van der Waals surface area (Å²) in [5.41, 5.74) is 3.06. The van der Waals surface area contributed by atoms with Gasteiger partial charge in [0.2, 0.25) is 0 Å². The minimum Gasteiger partial charge on any atom is -0.462 e. The highest BCUT2D eigenvalue weighted by atomic mass is 32.1. The summed E-state index contributed by atoms with van der Waals surface area (Å²) in [7, 11) is 0. The fourth-order valence-corrected chi connectivity index (χ4v) is 6.08. The highest BCUT2D eigenvalue weighted by Gasteiger charge is 2.42. The molecule has 158 valence electrons. The summed E-state index contributed by atoms with van der Waals surface area (Å²) in [6, 6.07) is 8.24. The van der Waals surface area contributed by atoms with E-state index in [1.54, 1.807) is 22.7 Å². The number of rotatable bonds is 5. The smallest absolute Gasteiger partial charge is 0.336 e. The highest BCUT2D eigenvalue weighted by molar-refractivity contribution is 7.12. The van der Waals surface area contributed by atoms with Crippen molar-refractivity contribution in [2.75, 3.05) is 6.61 Å². The van der Waals surface area contributed by atoms with Gasteiger partial charge in [0, 0.05) is 43.9 Å². The van der Waals surface area contributed by atoms with Crippen LogP contribution in [0.25, 0.3) is 0 Å². The second-order valence-corrected chi connectivity index (χ2v) is 10.8. The number of thiophene rings is 2. The Kier molecular flexibility index (Phi) is 5.98. The normalized spacial score (nSPS) is 21.7. The number of nitrogens with one attached hydrogen (secondary N) is 1. The average molecular weight is 442 g/mol. The molecule has 0 fully saturated rings. The number of Topliss-reactive ketones (excluding diaryl/α,β-unsaturated/α-hetero) is 1. The molecule has 0 aromatic carbocycles. The van der Waals surface area contributed by atoms with Crippen LogP contribution in [0.1, 0.15) is 60.1 Å². The number of esters is 1. The number of allylic oxidation sites excluding steroid dienone is 3. The lowest BCUT2D eigenvalue weighted by atomic mass is 9.74. The molecule has 2 aromatic rings. The number of aryl methyl sites for hydroxylation is 1. The molecule has 2 atom stereocenters. The molecule has 0 saturated heterocycles. The van der Waals surface area contributed by atoms with Gasteiger partial charge >= 0.3 is 5.97 Å². The van der Waals surface area contributed by atoms with Crippen molar-refractivity contribution in [3.8, 4) is 0 Å². The van der Waals surface area contributed by atoms with Gasteiger partial charge < -0.3 is 10.1 Å². The second kappa shape index (κ2) is 8.52. The zero-order valence-electron chi connectivity index (χ0n) is 17.8. The van der Waals surface area contributed by atoms with Gasteiger partial charge in [-0.2, -0.15) is 0 Å². The zero-order chi connectivity index (χ0) is 21.4. The van der Waals surface area contributed by atoms with E-state index in [9.17, 15) is 9.59 Å². The quantitative estimate of drug-likeness (QED) is 0.607. The summed E-state index contributed by atoms with van der Waals surface area (Å²) in [5, 5.41) is 5.47. The van der Waals surface area contributed by atoms with Crippen LogP contribution in [0.4, 0.5) is 0 Å². The monoisotopic (exact) mass is 441 g/mol. The first-order valence-corrected chi connectivity index (χ1v) is 12.1. The van der Waals surface area contributed by atoms with Crippen LogP contribution in [-0.2, 0) is 14.3 Å². The van der Waals surface area contributed by atoms with Crippen LogP contribution in [0.3, 0.4) is 0 Å². The molecule has 0 unspecified atom stereocenters. The molecule has 0 spiro atoms. The number of ether oxygens (including phenoxy) is 1. The molecular weight excluding hydrogens is 414 g/mol. The molecule has 1 aliphatic heterocycles. The summed E-state index contributed by atoms with van der Waals surface area (Å²) in [6.07, 6.45) is 1.27. The Morgan fingerprint density at radius 3 is 2.63 bits per heavy atom. The van der Waals surface area contributed by atoms with E-state index in [0.29, 0.717) is 18.6 Å². The first-order chi connectivity index (χ1) is 14.3. The number of ketones is 1. The molecule has 1 aliphatic carbocycles. The number of hydrogen-bond acceptors (Lipinski definition) is 6. The molecule has 4 nitrogen and oxygen atoms in total. The van der Waals surface area contributed by atoms with Crippen molar-refractivity contribution in [2.24, 2.45) is 5.92 Å². The van der Waals surface area contributed by atoms with Gasteiger partial charge in [-0.25, -0.2) is 4.79 Å². The molecule has 2 aromatic heterocycles. The van der Waals surface area contributed by atoms with E-state index < -0.39 is 0 Å². The van der Waals surface area contributed by atoms with Gasteiger partial charge in [0.25, 0.3) is 0 Å². The van der Waals surface area contributed by atoms with Crippen LogP contribution in [0.15, 0.2) is 52.2 Å². The van der Waals surface area contributed by atoms with Crippen LogP contribution in [0, 0.1) is 12.8 Å². The lowest BCUT2D eigenvalue weighted by Gasteiger charge is -2.36. The van der Waals surface area contributed by atoms with E-state index in [1.807, 2.05) is 39.8 Å². The van der Waals surface area contributed by atoms with E-state index in [4.69, 9.17) is 4.74 Å². The Balaban J connectivity index is 1.75. The van der Waals surface area contributed by atoms with Crippen LogP contribution in [0.5, 0.6) is 0 Å². The third kappa shape index (κ3) is 4.03.